The van der Waals surface area contributed by atoms with Crippen molar-refractivity contribution in [3.63, 3.8) is 0 Å². The second kappa shape index (κ2) is 8.54. The highest BCUT2D eigenvalue weighted by atomic mass is 32.1. The van der Waals surface area contributed by atoms with Gasteiger partial charge in [0.25, 0.3) is 5.91 Å². The van der Waals surface area contributed by atoms with E-state index in [9.17, 15) is 9.59 Å². The Bertz CT molecular complexity index is 697. The topological polar surface area (TPSA) is 84.0 Å². The molecule has 1 aromatic carbocycles. The summed E-state index contributed by atoms with van der Waals surface area (Å²) in [7, 11) is 0. The van der Waals surface area contributed by atoms with E-state index in [0.29, 0.717) is 28.7 Å². The lowest BCUT2D eigenvalue weighted by Gasteiger charge is -2.05. The lowest BCUT2D eigenvalue weighted by atomic mass is 10.1. The maximum Gasteiger partial charge on any atom is 0.257 e. The van der Waals surface area contributed by atoms with Crippen LogP contribution in [0.4, 0.5) is 10.8 Å². The number of rotatable bonds is 7. The fourth-order valence-corrected chi connectivity index (χ4v) is 2.99. The molecule has 0 saturated carbocycles. The minimum atomic E-state index is -0.241. The lowest BCUT2D eigenvalue weighted by molar-refractivity contribution is -0.115. The minimum absolute atomic E-state index is 0.0604. The number of hydrogen-bond donors (Lipinski definition) is 2. The Balaban J connectivity index is 1.98. The first-order valence-electron chi connectivity index (χ1n) is 8.08. The average molecular weight is 346 g/mol. The first-order valence-corrected chi connectivity index (χ1v) is 8.89. The van der Waals surface area contributed by atoms with E-state index in [-0.39, 0.29) is 11.8 Å². The zero-order chi connectivity index (χ0) is 17.5. The molecule has 0 aliphatic heterocycles. The fourth-order valence-electron chi connectivity index (χ4n) is 2.16. The zero-order valence-corrected chi connectivity index (χ0v) is 14.9. The van der Waals surface area contributed by atoms with Gasteiger partial charge in [-0.25, -0.2) is 0 Å². The second-order valence-electron chi connectivity index (χ2n) is 5.57. The summed E-state index contributed by atoms with van der Waals surface area (Å²) in [6, 6.07) is 6.75. The van der Waals surface area contributed by atoms with Gasteiger partial charge in [-0.15, -0.1) is 10.2 Å². The Morgan fingerprint density at radius 3 is 2.46 bits per heavy atom. The first-order chi connectivity index (χ1) is 11.5. The molecule has 0 spiro atoms. The van der Waals surface area contributed by atoms with Gasteiger partial charge in [0, 0.05) is 23.6 Å². The summed E-state index contributed by atoms with van der Waals surface area (Å²) in [6.07, 6.45) is 2.55. The highest BCUT2D eigenvalue weighted by Crippen LogP contribution is 2.26. The molecule has 1 aromatic heterocycles. The van der Waals surface area contributed by atoms with Crippen LogP contribution in [0.3, 0.4) is 0 Å². The van der Waals surface area contributed by atoms with Crippen molar-refractivity contribution in [3.8, 4) is 0 Å². The number of nitrogens with one attached hydrogen (secondary N) is 2. The zero-order valence-electron chi connectivity index (χ0n) is 14.1. The van der Waals surface area contributed by atoms with Gasteiger partial charge in [-0.1, -0.05) is 38.5 Å². The SMILES string of the molecule is CCCC(C)c1nnc(NC(=O)c2ccc(NC(=O)CC)cc2)s1. The minimum Gasteiger partial charge on any atom is -0.326 e. The molecule has 1 heterocycles. The lowest BCUT2D eigenvalue weighted by Crippen LogP contribution is -2.12. The van der Waals surface area contributed by atoms with E-state index in [1.54, 1.807) is 31.2 Å². The quantitative estimate of drug-likeness (QED) is 0.792. The van der Waals surface area contributed by atoms with Crippen molar-refractivity contribution in [2.75, 3.05) is 10.6 Å². The Labute approximate surface area is 145 Å². The van der Waals surface area contributed by atoms with Gasteiger partial charge in [0.1, 0.15) is 5.01 Å². The molecule has 0 saturated heterocycles. The molecule has 1 unspecified atom stereocenters. The van der Waals surface area contributed by atoms with Crippen molar-refractivity contribution >= 4 is 34.0 Å². The molecule has 24 heavy (non-hydrogen) atoms. The molecule has 7 heteroatoms. The van der Waals surface area contributed by atoms with E-state index >= 15 is 0 Å². The van der Waals surface area contributed by atoms with Crippen LogP contribution in [0.5, 0.6) is 0 Å². The van der Waals surface area contributed by atoms with E-state index in [1.165, 1.54) is 11.3 Å². The first kappa shape index (κ1) is 18.1. The molecule has 0 radical (unpaired) electrons. The van der Waals surface area contributed by atoms with Gasteiger partial charge in [-0.3, -0.25) is 14.9 Å². The largest absolute Gasteiger partial charge is 0.326 e. The van der Waals surface area contributed by atoms with E-state index in [2.05, 4.69) is 34.7 Å². The highest BCUT2D eigenvalue weighted by molar-refractivity contribution is 7.15. The maximum atomic E-state index is 12.2. The van der Waals surface area contributed by atoms with Crippen LogP contribution in [0.25, 0.3) is 0 Å². The monoisotopic (exact) mass is 346 g/mol. The van der Waals surface area contributed by atoms with Crippen molar-refractivity contribution < 1.29 is 9.59 Å². The third-order valence-corrected chi connectivity index (χ3v) is 4.63. The normalized spacial score (nSPS) is 11.8. The Morgan fingerprint density at radius 1 is 1.12 bits per heavy atom. The van der Waals surface area contributed by atoms with Gasteiger partial charge >= 0.3 is 0 Å². The number of benzene rings is 1. The highest BCUT2D eigenvalue weighted by Gasteiger charge is 2.14. The smallest absolute Gasteiger partial charge is 0.257 e. The Kier molecular flexibility index (Phi) is 6.43. The van der Waals surface area contributed by atoms with E-state index in [0.717, 1.165) is 17.8 Å². The van der Waals surface area contributed by atoms with Gasteiger partial charge < -0.3 is 5.32 Å². The average Bonchev–Trinajstić information content (AvgIpc) is 3.04. The van der Waals surface area contributed by atoms with Crippen LogP contribution in [-0.2, 0) is 4.79 Å². The summed E-state index contributed by atoms with van der Waals surface area (Å²) in [5.41, 5.74) is 1.17. The fraction of sp³-hybridized carbons (Fsp3) is 0.412. The number of carbonyl (C=O) groups is 2. The number of carbonyl (C=O) groups excluding carboxylic acids is 2. The van der Waals surface area contributed by atoms with Gasteiger partial charge in [-0.2, -0.15) is 0 Å². The summed E-state index contributed by atoms with van der Waals surface area (Å²) in [4.78, 5) is 23.6. The van der Waals surface area contributed by atoms with Crippen molar-refractivity contribution in [2.45, 2.75) is 46.0 Å². The molecule has 0 fully saturated rings. The Hall–Kier alpha value is -2.28. The molecule has 2 aromatic rings. The standard InChI is InChI=1S/C17H22N4O2S/c1-4-6-11(3)16-20-21-17(24-16)19-15(23)12-7-9-13(10-8-12)18-14(22)5-2/h7-11H,4-6H2,1-3H3,(H,18,22)(H,19,21,23). The van der Waals surface area contributed by atoms with Crippen LogP contribution in [0.1, 0.15) is 61.3 Å². The molecule has 0 bridgehead atoms. The second-order valence-corrected chi connectivity index (χ2v) is 6.58. The predicted molar refractivity (Wildman–Crippen MR) is 96.5 cm³/mol. The number of amides is 2. The number of aromatic nitrogens is 2. The van der Waals surface area contributed by atoms with Crippen LogP contribution >= 0.6 is 11.3 Å². The van der Waals surface area contributed by atoms with Crippen molar-refractivity contribution in [3.05, 3.63) is 34.8 Å². The van der Waals surface area contributed by atoms with Gasteiger partial charge in [0.15, 0.2) is 0 Å². The van der Waals surface area contributed by atoms with Crippen LogP contribution in [0.15, 0.2) is 24.3 Å². The van der Waals surface area contributed by atoms with Crippen LogP contribution in [-0.4, -0.2) is 22.0 Å². The molecule has 0 aliphatic rings. The number of hydrogen-bond acceptors (Lipinski definition) is 5. The van der Waals surface area contributed by atoms with Crippen molar-refractivity contribution in [2.24, 2.45) is 0 Å². The molecule has 0 aliphatic carbocycles. The molecule has 6 nitrogen and oxygen atoms in total. The van der Waals surface area contributed by atoms with E-state index in [1.807, 2.05) is 0 Å². The number of anilines is 2. The van der Waals surface area contributed by atoms with Gasteiger partial charge in [0.2, 0.25) is 11.0 Å². The molecule has 2 N–H and O–H groups in total. The molecule has 128 valence electrons. The summed E-state index contributed by atoms with van der Waals surface area (Å²) < 4.78 is 0. The van der Waals surface area contributed by atoms with Crippen LogP contribution in [0.2, 0.25) is 0 Å². The maximum absolute atomic E-state index is 12.2. The predicted octanol–water partition coefficient (Wildman–Crippen LogP) is 4.04. The summed E-state index contributed by atoms with van der Waals surface area (Å²) in [5, 5.41) is 15.1. The van der Waals surface area contributed by atoms with E-state index in [4.69, 9.17) is 0 Å². The van der Waals surface area contributed by atoms with Crippen molar-refractivity contribution in [1.29, 1.82) is 0 Å². The summed E-state index contributed by atoms with van der Waals surface area (Å²) >= 11 is 1.41. The van der Waals surface area contributed by atoms with Gasteiger partial charge in [-0.05, 0) is 30.7 Å². The number of nitrogens with zero attached hydrogens (tertiary/aromatic N) is 2. The van der Waals surface area contributed by atoms with Crippen LogP contribution < -0.4 is 10.6 Å². The van der Waals surface area contributed by atoms with Crippen LogP contribution in [0, 0.1) is 0 Å². The molecule has 2 rings (SSSR count). The molecular weight excluding hydrogens is 324 g/mol. The van der Waals surface area contributed by atoms with Gasteiger partial charge in [0.05, 0.1) is 0 Å². The third-order valence-electron chi connectivity index (χ3n) is 3.56. The molecule has 1 atom stereocenters. The summed E-state index contributed by atoms with van der Waals surface area (Å²) in [5.74, 6) is 0.0450. The summed E-state index contributed by atoms with van der Waals surface area (Å²) in [6.45, 7) is 6.03. The molecular formula is C17H22N4O2S. The Morgan fingerprint density at radius 2 is 1.83 bits per heavy atom. The van der Waals surface area contributed by atoms with Crippen molar-refractivity contribution in [1.82, 2.24) is 10.2 Å². The van der Waals surface area contributed by atoms with E-state index < -0.39 is 0 Å². The molecule has 2 amide bonds. The third kappa shape index (κ3) is 4.86.